The van der Waals surface area contributed by atoms with Gasteiger partial charge >= 0.3 is 5.97 Å². The quantitative estimate of drug-likeness (QED) is 0.846. The molecule has 0 aliphatic carbocycles. The van der Waals surface area contributed by atoms with Crippen LogP contribution in [0, 0.1) is 0 Å². The fourth-order valence-corrected chi connectivity index (χ4v) is 2.57. The van der Waals surface area contributed by atoms with E-state index in [1.54, 1.807) is 18.2 Å². The molecule has 21 heavy (non-hydrogen) atoms. The summed E-state index contributed by atoms with van der Waals surface area (Å²) < 4.78 is 18.8. The predicted octanol–water partition coefficient (Wildman–Crippen LogP) is 1.29. The van der Waals surface area contributed by atoms with E-state index in [1.165, 1.54) is 4.90 Å². The Hall–Kier alpha value is -2.44. The van der Waals surface area contributed by atoms with Gasteiger partial charge in [0.2, 0.25) is 5.67 Å². The highest BCUT2D eigenvalue weighted by atomic mass is 19.1. The average molecular weight is 291 g/mol. The van der Waals surface area contributed by atoms with Crippen LogP contribution >= 0.6 is 0 Å². The Kier molecular flexibility index (Phi) is 3.12. The lowest BCUT2D eigenvalue weighted by Crippen LogP contribution is -2.39. The monoisotopic (exact) mass is 291 g/mol. The number of aromatic nitrogens is 2. The number of amides is 1. The normalized spacial score (nSPS) is 21.7. The van der Waals surface area contributed by atoms with Gasteiger partial charge < -0.3 is 9.64 Å². The molecule has 110 valence electrons. The lowest BCUT2D eigenvalue weighted by atomic mass is 10.1. The number of ether oxygens (including phenoxy) is 1. The third-order valence-corrected chi connectivity index (χ3v) is 3.73. The SMILES string of the molecule is COC(=O)C1(F)CCN(C(=O)c2n[nH]c3ccccc23)C1. The Bertz CT molecular complexity index is 714. The Morgan fingerprint density at radius 3 is 2.95 bits per heavy atom. The van der Waals surface area contributed by atoms with Crippen LogP contribution in [0.5, 0.6) is 0 Å². The van der Waals surface area contributed by atoms with E-state index in [1.807, 2.05) is 6.07 Å². The number of alkyl halides is 1. The smallest absolute Gasteiger partial charge is 0.345 e. The number of nitrogens with one attached hydrogen (secondary N) is 1. The highest BCUT2D eigenvalue weighted by molar-refractivity contribution is 6.05. The number of esters is 1. The van der Waals surface area contributed by atoms with Crippen molar-refractivity contribution >= 4 is 22.8 Å². The average Bonchev–Trinajstić information content (AvgIpc) is 3.10. The van der Waals surface area contributed by atoms with Crippen LogP contribution in [0.4, 0.5) is 4.39 Å². The zero-order chi connectivity index (χ0) is 15.0. The first-order chi connectivity index (χ1) is 10.0. The number of halogens is 1. The number of hydrogen-bond acceptors (Lipinski definition) is 4. The molecule has 6 nitrogen and oxygen atoms in total. The van der Waals surface area contributed by atoms with E-state index >= 15 is 0 Å². The van der Waals surface area contributed by atoms with Gasteiger partial charge in [0.25, 0.3) is 5.91 Å². The van der Waals surface area contributed by atoms with E-state index in [4.69, 9.17) is 0 Å². The van der Waals surface area contributed by atoms with Gasteiger partial charge in [-0.3, -0.25) is 9.89 Å². The maximum Gasteiger partial charge on any atom is 0.345 e. The Morgan fingerprint density at radius 2 is 2.19 bits per heavy atom. The standard InChI is InChI=1S/C14H14FN3O3/c1-21-13(20)14(15)6-7-18(8-14)12(19)11-9-4-2-3-5-10(9)16-17-11/h2-5H,6-8H2,1H3,(H,16,17). The van der Waals surface area contributed by atoms with Crippen LogP contribution < -0.4 is 0 Å². The summed E-state index contributed by atoms with van der Waals surface area (Å²) in [7, 11) is 1.13. The molecule has 0 bridgehead atoms. The van der Waals surface area contributed by atoms with Crippen LogP contribution in [0.15, 0.2) is 24.3 Å². The maximum atomic E-state index is 14.4. The molecular weight excluding hydrogens is 277 g/mol. The summed E-state index contributed by atoms with van der Waals surface area (Å²) in [6, 6.07) is 7.20. The van der Waals surface area contributed by atoms with Crippen molar-refractivity contribution in [3.05, 3.63) is 30.0 Å². The van der Waals surface area contributed by atoms with Gasteiger partial charge in [0.05, 0.1) is 19.2 Å². The molecule has 2 heterocycles. The van der Waals surface area contributed by atoms with E-state index in [-0.39, 0.29) is 25.2 Å². The first-order valence-corrected chi connectivity index (χ1v) is 6.55. The number of likely N-dealkylation sites (tertiary alicyclic amines) is 1. The van der Waals surface area contributed by atoms with Gasteiger partial charge in [0.1, 0.15) is 0 Å². The molecule has 1 aliphatic heterocycles. The van der Waals surface area contributed by atoms with E-state index in [9.17, 15) is 14.0 Å². The second-order valence-electron chi connectivity index (χ2n) is 5.05. The molecule has 1 amide bonds. The van der Waals surface area contributed by atoms with Gasteiger partial charge in [-0.1, -0.05) is 18.2 Å². The zero-order valence-electron chi connectivity index (χ0n) is 11.4. The summed E-state index contributed by atoms with van der Waals surface area (Å²) >= 11 is 0. The van der Waals surface area contributed by atoms with Crippen LogP contribution in [0.25, 0.3) is 10.9 Å². The van der Waals surface area contributed by atoms with Gasteiger partial charge in [0, 0.05) is 18.4 Å². The number of methoxy groups -OCH3 is 1. The highest BCUT2D eigenvalue weighted by Gasteiger charge is 2.48. The molecule has 1 fully saturated rings. The van der Waals surface area contributed by atoms with Crippen molar-refractivity contribution in [1.29, 1.82) is 0 Å². The van der Waals surface area contributed by atoms with Crippen molar-refractivity contribution in [3.8, 4) is 0 Å². The van der Waals surface area contributed by atoms with Crippen LogP contribution in [-0.2, 0) is 9.53 Å². The molecule has 0 spiro atoms. The number of hydrogen-bond donors (Lipinski definition) is 1. The maximum absolute atomic E-state index is 14.4. The minimum Gasteiger partial charge on any atom is -0.467 e. The predicted molar refractivity (Wildman–Crippen MR) is 72.5 cm³/mol. The van der Waals surface area contributed by atoms with Crippen molar-refractivity contribution in [2.24, 2.45) is 0 Å². The number of H-pyrrole nitrogens is 1. The second kappa shape index (κ2) is 4.83. The largest absolute Gasteiger partial charge is 0.467 e. The second-order valence-corrected chi connectivity index (χ2v) is 5.05. The van der Waals surface area contributed by atoms with Crippen LogP contribution in [0.1, 0.15) is 16.9 Å². The number of rotatable bonds is 2. The first kappa shape index (κ1) is 13.5. The van der Waals surface area contributed by atoms with E-state index in [2.05, 4.69) is 14.9 Å². The lowest BCUT2D eigenvalue weighted by Gasteiger charge is -2.18. The molecule has 0 radical (unpaired) electrons. The number of benzene rings is 1. The molecule has 0 saturated carbocycles. The Labute approximate surface area is 119 Å². The van der Waals surface area contributed by atoms with Crippen molar-refractivity contribution in [2.45, 2.75) is 12.1 Å². The molecule has 2 aromatic rings. The molecule has 1 N–H and O–H groups in total. The summed E-state index contributed by atoms with van der Waals surface area (Å²) in [5, 5.41) is 7.44. The molecule has 1 unspecified atom stereocenters. The molecule has 1 aliphatic rings. The molecular formula is C14H14FN3O3. The Balaban J connectivity index is 1.86. The summed E-state index contributed by atoms with van der Waals surface area (Å²) in [6.45, 7) is -0.148. The fraction of sp³-hybridized carbons (Fsp3) is 0.357. The molecule has 1 aromatic heterocycles. The highest BCUT2D eigenvalue weighted by Crippen LogP contribution is 2.29. The number of fused-ring (bicyclic) bond motifs is 1. The molecule has 3 rings (SSSR count). The number of nitrogens with zero attached hydrogens (tertiary/aromatic N) is 2. The lowest BCUT2D eigenvalue weighted by molar-refractivity contribution is -0.153. The number of para-hydroxylation sites is 1. The van der Waals surface area contributed by atoms with Crippen molar-refractivity contribution in [1.82, 2.24) is 15.1 Å². The fourth-order valence-electron chi connectivity index (χ4n) is 2.57. The van der Waals surface area contributed by atoms with Gasteiger partial charge in [-0.25, -0.2) is 9.18 Å². The zero-order valence-corrected chi connectivity index (χ0v) is 11.4. The molecule has 1 aromatic carbocycles. The van der Waals surface area contributed by atoms with Crippen molar-refractivity contribution in [3.63, 3.8) is 0 Å². The van der Waals surface area contributed by atoms with Crippen LogP contribution in [-0.4, -0.2) is 52.8 Å². The Morgan fingerprint density at radius 1 is 1.43 bits per heavy atom. The van der Waals surface area contributed by atoms with Gasteiger partial charge in [-0.2, -0.15) is 5.10 Å². The van der Waals surface area contributed by atoms with E-state index in [0.29, 0.717) is 5.39 Å². The summed E-state index contributed by atoms with van der Waals surface area (Å²) in [5.74, 6) is -1.33. The van der Waals surface area contributed by atoms with Crippen LogP contribution in [0.2, 0.25) is 0 Å². The van der Waals surface area contributed by atoms with Crippen molar-refractivity contribution < 1.29 is 18.7 Å². The van der Waals surface area contributed by atoms with E-state index < -0.39 is 17.5 Å². The first-order valence-electron chi connectivity index (χ1n) is 6.55. The molecule has 1 saturated heterocycles. The molecule has 7 heteroatoms. The summed E-state index contributed by atoms with van der Waals surface area (Å²) in [4.78, 5) is 25.2. The van der Waals surface area contributed by atoms with E-state index in [0.717, 1.165) is 12.6 Å². The third kappa shape index (κ3) is 2.14. The van der Waals surface area contributed by atoms with Crippen LogP contribution in [0.3, 0.4) is 0 Å². The van der Waals surface area contributed by atoms with Crippen molar-refractivity contribution in [2.75, 3.05) is 20.2 Å². The van der Waals surface area contributed by atoms with Gasteiger partial charge in [-0.15, -0.1) is 0 Å². The number of carbonyl (C=O) groups excluding carboxylic acids is 2. The minimum absolute atomic E-state index is 0.0617. The summed E-state index contributed by atoms with van der Waals surface area (Å²) in [6.07, 6.45) is -0.0617. The minimum atomic E-state index is -2.13. The van der Waals surface area contributed by atoms with Gasteiger partial charge in [-0.05, 0) is 6.07 Å². The molecule has 1 atom stereocenters. The van der Waals surface area contributed by atoms with Gasteiger partial charge in [0.15, 0.2) is 5.69 Å². The topological polar surface area (TPSA) is 75.3 Å². The summed E-state index contributed by atoms with van der Waals surface area (Å²) in [5.41, 5.74) is -1.16. The third-order valence-electron chi connectivity index (χ3n) is 3.73. The number of aromatic amines is 1. The number of carbonyl (C=O) groups is 2.